The first-order valence-electron chi connectivity index (χ1n) is 7.88. The summed E-state index contributed by atoms with van der Waals surface area (Å²) in [6.45, 7) is 8.73. The van der Waals surface area contributed by atoms with E-state index in [1.165, 1.54) is 5.56 Å². The van der Waals surface area contributed by atoms with Gasteiger partial charge in [0.25, 0.3) is 0 Å². The highest BCUT2D eigenvalue weighted by molar-refractivity contribution is 5.91. The number of nitrogens with one attached hydrogen (secondary N) is 1. The van der Waals surface area contributed by atoms with Gasteiger partial charge in [0.2, 0.25) is 5.91 Å². The van der Waals surface area contributed by atoms with Crippen molar-refractivity contribution in [3.8, 4) is 0 Å². The molecule has 1 heterocycles. The van der Waals surface area contributed by atoms with Gasteiger partial charge in [0.1, 0.15) is 0 Å². The molecule has 1 amide bonds. The molecule has 2 rings (SSSR count). The molecule has 0 unspecified atom stereocenters. The van der Waals surface area contributed by atoms with Crippen molar-refractivity contribution in [2.75, 3.05) is 38.2 Å². The number of rotatable bonds is 6. The maximum Gasteiger partial charge on any atom is 0.224 e. The number of benzene rings is 1. The Bertz CT molecular complexity index is 468. The maximum absolute atomic E-state index is 12.1. The van der Waals surface area contributed by atoms with Crippen LogP contribution in [-0.4, -0.2) is 43.7 Å². The second-order valence-electron chi connectivity index (χ2n) is 5.61. The Hall–Kier alpha value is -1.39. The minimum Gasteiger partial charge on any atom is -0.379 e. The lowest BCUT2D eigenvalue weighted by Gasteiger charge is -2.26. The van der Waals surface area contributed by atoms with Crippen LogP contribution in [0.1, 0.15) is 30.9 Å². The number of carbonyl (C=O) groups is 1. The zero-order valence-corrected chi connectivity index (χ0v) is 13.2. The van der Waals surface area contributed by atoms with E-state index in [0.717, 1.165) is 56.9 Å². The Kier molecular flexibility index (Phi) is 6.21. The lowest BCUT2D eigenvalue weighted by molar-refractivity contribution is -0.116. The van der Waals surface area contributed by atoms with Gasteiger partial charge < -0.3 is 10.1 Å². The van der Waals surface area contributed by atoms with Crippen molar-refractivity contribution < 1.29 is 9.53 Å². The molecule has 0 aromatic heterocycles. The summed E-state index contributed by atoms with van der Waals surface area (Å²) in [7, 11) is 0. The number of aryl methyl sites for hydroxylation is 2. The maximum atomic E-state index is 12.1. The Balaban J connectivity index is 1.76. The molecular formula is C17H26N2O2. The summed E-state index contributed by atoms with van der Waals surface area (Å²) >= 11 is 0. The molecule has 1 aromatic rings. The van der Waals surface area contributed by atoms with Crippen LogP contribution in [0.3, 0.4) is 0 Å². The molecule has 4 nitrogen and oxygen atoms in total. The minimum atomic E-state index is 0.111. The average molecular weight is 290 g/mol. The van der Waals surface area contributed by atoms with Crippen molar-refractivity contribution in [1.82, 2.24) is 4.90 Å². The topological polar surface area (TPSA) is 41.6 Å². The zero-order chi connectivity index (χ0) is 15.1. The van der Waals surface area contributed by atoms with Crippen LogP contribution >= 0.6 is 0 Å². The lowest BCUT2D eigenvalue weighted by atomic mass is 10.1. The number of hydrogen-bond donors (Lipinski definition) is 1. The highest BCUT2D eigenvalue weighted by atomic mass is 16.5. The number of amides is 1. The van der Waals surface area contributed by atoms with E-state index in [1.807, 2.05) is 6.92 Å². The van der Waals surface area contributed by atoms with Gasteiger partial charge in [0.05, 0.1) is 13.2 Å². The van der Waals surface area contributed by atoms with Gasteiger partial charge in [-0.2, -0.15) is 0 Å². The van der Waals surface area contributed by atoms with Crippen molar-refractivity contribution in [3.63, 3.8) is 0 Å². The molecule has 0 spiro atoms. The van der Waals surface area contributed by atoms with E-state index in [1.54, 1.807) is 0 Å². The summed E-state index contributed by atoms with van der Waals surface area (Å²) in [5.74, 6) is 0.111. The van der Waals surface area contributed by atoms with Crippen molar-refractivity contribution in [2.45, 2.75) is 33.1 Å². The largest absolute Gasteiger partial charge is 0.379 e. The number of ether oxygens (including phenoxy) is 1. The molecule has 0 aliphatic carbocycles. The molecule has 0 saturated carbocycles. The molecule has 0 atom stereocenters. The molecule has 4 heteroatoms. The van der Waals surface area contributed by atoms with Gasteiger partial charge in [-0.15, -0.1) is 0 Å². The summed E-state index contributed by atoms with van der Waals surface area (Å²) in [6, 6.07) is 6.26. The van der Waals surface area contributed by atoms with Crippen molar-refractivity contribution >= 4 is 11.6 Å². The smallest absolute Gasteiger partial charge is 0.224 e. The third-order valence-electron chi connectivity index (χ3n) is 3.97. The molecule has 0 bridgehead atoms. The van der Waals surface area contributed by atoms with Gasteiger partial charge in [-0.3, -0.25) is 9.69 Å². The first kappa shape index (κ1) is 16.0. The van der Waals surface area contributed by atoms with E-state index in [9.17, 15) is 4.79 Å². The first-order chi connectivity index (χ1) is 10.2. The van der Waals surface area contributed by atoms with E-state index in [2.05, 4.69) is 35.3 Å². The molecule has 1 aliphatic rings. The standard InChI is InChI=1S/C17H26N2O2/c1-3-15-7-6-14(2)16(13-15)18-17(20)5-4-8-19-9-11-21-12-10-19/h6-7,13H,3-5,8-12H2,1-2H3,(H,18,20). The van der Waals surface area contributed by atoms with Crippen LogP contribution in [0.5, 0.6) is 0 Å². The monoisotopic (exact) mass is 290 g/mol. The molecule has 1 aromatic carbocycles. The second-order valence-corrected chi connectivity index (χ2v) is 5.61. The molecule has 21 heavy (non-hydrogen) atoms. The van der Waals surface area contributed by atoms with Crippen LogP contribution in [0, 0.1) is 6.92 Å². The van der Waals surface area contributed by atoms with Crippen molar-refractivity contribution in [2.24, 2.45) is 0 Å². The summed E-state index contributed by atoms with van der Waals surface area (Å²) in [5.41, 5.74) is 3.32. The van der Waals surface area contributed by atoms with Crippen LogP contribution in [0.15, 0.2) is 18.2 Å². The molecule has 0 radical (unpaired) electrons. The highest BCUT2D eigenvalue weighted by Crippen LogP contribution is 2.17. The molecule has 1 N–H and O–H groups in total. The molecular weight excluding hydrogens is 264 g/mol. The van der Waals surface area contributed by atoms with Crippen molar-refractivity contribution in [3.05, 3.63) is 29.3 Å². The third kappa shape index (κ3) is 5.14. The second kappa shape index (κ2) is 8.15. The van der Waals surface area contributed by atoms with Crippen LogP contribution in [0.4, 0.5) is 5.69 Å². The molecule has 116 valence electrons. The number of morpholine rings is 1. The van der Waals surface area contributed by atoms with Gasteiger partial charge in [-0.25, -0.2) is 0 Å². The van der Waals surface area contributed by atoms with Gasteiger partial charge in [0, 0.05) is 25.2 Å². The summed E-state index contributed by atoms with van der Waals surface area (Å²) in [6.07, 6.45) is 2.46. The first-order valence-corrected chi connectivity index (χ1v) is 7.88. The number of anilines is 1. The van der Waals surface area contributed by atoms with Gasteiger partial charge in [0.15, 0.2) is 0 Å². The Morgan fingerprint density at radius 3 is 2.81 bits per heavy atom. The van der Waals surface area contributed by atoms with E-state index in [-0.39, 0.29) is 5.91 Å². The Morgan fingerprint density at radius 2 is 2.10 bits per heavy atom. The summed E-state index contributed by atoms with van der Waals surface area (Å²) in [4.78, 5) is 14.4. The van der Waals surface area contributed by atoms with Gasteiger partial charge in [-0.1, -0.05) is 19.1 Å². The fourth-order valence-corrected chi connectivity index (χ4v) is 2.52. The van der Waals surface area contributed by atoms with E-state index in [4.69, 9.17) is 4.74 Å². The van der Waals surface area contributed by atoms with Gasteiger partial charge in [-0.05, 0) is 43.5 Å². The zero-order valence-electron chi connectivity index (χ0n) is 13.2. The van der Waals surface area contributed by atoms with Crippen LogP contribution in [-0.2, 0) is 16.0 Å². The van der Waals surface area contributed by atoms with Crippen LogP contribution < -0.4 is 5.32 Å². The van der Waals surface area contributed by atoms with Gasteiger partial charge >= 0.3 is 0 Å². The third-order valence-corrected chi connectivity index (χ3v) is 3.97. The number of carbonyl (C=O) groups excluding carboxylic acids is 1. The lowest BCUT2D eigenvalue weighted by Crippen LogP contribution is -2.37. The molecule has 1 aliphatic heterocycles. The predicted octanol–water partition coefficient (Wildman–Crippen LogP) is 2.61. The summed E-state index contributed by atoms with van der Waals surface area (Å²) in [5, 5.41) is 3.04. The normalized spacial score (nSPS) is 15.9. The SMILES string of the molecule is CCc1ccc(C)c(NC(=O)CCCN2CCOCC2)c1. The van der Waals surface area contributed by atoms with Crippen LogP contribution in [0.2, 0.25) is 0 Å². The van der Waals surface area contributed by atoms with E-state index >= 15 is 0 Å². The number of nitrogens with zero attached hydrogens (tertiary/aromatic N) is 1. The van der Waals surface area contributed by atoms with Crippen LogP contribution in [0.25, 0.3) is 0 Å². The van der Waals surface area contributed by atoms with E-state index in [0.29, 0.717) is 6.42 Å². The molecule has 1 fully saturated rings. The Labute approximate surface area is 127 Å². The summed E-state index contributed by atoms with van der Waals surface area (Å²) < 4.78 is 5.32. The Morgan fingerprint density at radius 1 is 1.33 bits per heavy atom. The molecule has 1 saturated heterocycles. The average Bonchev–Trinajstić information content (AvgIpc) is 2.50. The predicted molar refractivity (Wildman–Crippen MR) is 85.7 cm³/mol. The van der Waals surface area contributed by atoms with Crippen molar-refractivity contribution in [1.29, 1.82) is 0 Å². The van der Waals surface area contributed by atoms with E-state index < -0.39 is 0 Å². The quantitative estimate of drug-likeness (QED) is 0.875. The minimum absolute atomic E-state index is 0.111. The highest BCUT2D eigenvalue weighted by Gasteiger charge is 2.11. The fraction of sp³-hybridized carbons (Fsp3) is 0.588. The fourth-order valence-electron chi connectivity index (χ4n) is 2.52. The number of hydrogen-bond acceptors (Lipinski definition) is 3.